The number of likely N-dealkylation sites (N-methyl/N-ethyl adjacent to an activating group) is 1. The van der Waals surface area contributed by atoms with Gasteiger partial charge in [0, 0.05) is 41.9 Å². The van der Waals surface area contributed by atoms with Crippen LogP contribution < -0.4 is 10.6 Å². The molecule has 1 saturated heterocycles. The zero-order chi connectivity index (χ0) is 15.4. The van der Waals surface area contributed by atoms with Gasteiger partial charge in [0.1, 0.15) is 0 Å². The van der Waals surface area contributed by atoms with Crippen LogP contribution in [-0.4, -0.2) is 43.2 Å². The molecule has 2 unspecified atom stereocenters. The molecular formula is C17H28BrN3. The Labute approximate surface area is 137 Å². The van der Waals surface area contributed by atoms with Gasteiger partial charge in [-0.05, 0) is 50.1 Å². The van der Waals surface area contributed by atoms with Gasteiger partial charge in [-0.1, -0.05) is 29.8 Å². The summed E-state index contributed by atoms with van der Waals surface area (Å²) in [7, 11) is 0. The molecule has 21 heavy (non-hydrogen) atoms. The third kappa shape index (κ3) is 4.21. The van der Waals surface area contributed by atoms with Crippen molar-refractivity contribution in [3.8, 4) is 0 Å². The predicted octanol–water partition coefficient (Wildman–Crippen LogP) is 3.26. The summed E-state index contributed by atoms with van der Waals surface area (Å²) < 4.78 is 1.14. The van der Waals surface area contributed by atoms with E-state index in [1.807, 2.05) is 0 Å². The van der Waals surface area contributed by atoms with Crippen LogP contribution in [0.5, 0.6) is 0 Å². The van der Waals surface area contributed by atoms with Crippen LogP contribution in [0.25, 0.3) is 0 Å². The summed E-state index contributed by atoms with van der Waals surface area (Å²) in [4.78, 5) is 5.08. The van der Waals surface area contributed by atoms with Crippen LogP contribution in [0.1, 0.15) is 32.8 Å². The molecule has 2 N–H and O–H groups in total. The molecule has 4 heteroatoms. The smallest absolute Gasteiger partial charge is 0.0401 e. The first kappa shape index (κ1) is 16.8. The lowest BCUT2D eigenvalue weighted by molar-refractivity contribution is 0.199. The highest BCUT2D eigenvalue weighted by molar-refractivity contribution is 9.10. The van der Waals surface area contributed by atoms with Crippen LogP contribution in [0.4, 0.5) is 5.69 Å². The number of piperazine rings is 1. The molecule has 0 aliphatic carbocycles. The number of rotatable bonds is 5. The Hall–Kier alpha value is -0.580. The molecule has 1 aliphatic rings. The van der Waals surface area contributed by atoms with Crippen LogP contribution >= 0.6 is 15.9 Å². The van der Waals surface area contributed by atoms with Gasteiger partial charge in [0.15, 0.2) is 0 Å². The van der Waals surface area contributed by atoms with Crippen molar-refractivity contribution in [3.05, 3.63) is 28.2 Å². The average Bonchev–Trinajstić information content (AvgIpc) is 2.47. The molecule has 2 rings (SSSR count). The van der Waals surface area contributed by atoms with Gasteiger partial charge in [-0.15, -0.1) is 0 Å². The predicted molar refractivity (Wildman–Crippen MR) is 95.0 cm³/mol. The molecule has 0 radical (unpaired) electrons. The van der Waals surface area contributed by atoms with Crippen LogP contribution in [0.3, 0.4) is 0 Å². The van der Waals surface area contributed by atoms with Crippen molar-refractivity contribution in [2.75, 3.05) is 31.1 Å². The average molecular weight is 354 g/mol. The van der Waals surface area contributed by atoms with E-state index < -0.39 is 0 Å². The lowest BCUT2D eigenvalue weighted by Crippen LogP contribution is -2.52. The van der Waals surface area contributed by atoms with Gasteiger partial charge < -0.3 is 10.6 Å². The Balaban J connectivity index is 2.19. The normalized spacial score (nSPS) is 21.6. The molecule has 0 bridgehead atoms. The molecule has 118 valence electrons. The molecular weight excluding hydrogens is 326 g/mol. The van der Waals surface area contributed by atoms with Gasteiger partial charge in [0.05, 0.1) is 0 Å². The van der Waals surface area contributed by atoms with E-state index in [0.29, 0.717) is 6.04 Å². The molecule has 0 saturated carbocycles. The number of hydrogen-bond donors (Lipinski definition) is 1. The zero-order valence-corrected chi connectivity index (χ0v) is 15.1. The van der Waals surface area contributed by atoms with Gasteiger partial charge in [-0.3, -0.25) is 4.90 Å². The maximum atomic E-state index is 6.18. The molecule has 1 aliphatic heterocycles. The summed E-state index contributed by atoms with van der Waals surface area (Å²) in [6.45, 7) is 11.2. The van der Waals surface area contributed by atoms with Gasteiger partial charge in [-0.2, -0.15) is 0 Å². The van der Waals surface area contributed by atoms with Crippen LogP contribution in [0.2, 0.25) is 0 Å². The highest BCUT2D eigenvalue weighted by Gasteiger charge is 2.24. The van der Waals surface area contributed by atoms with E-state index in [0.717, 1.165) is 43.5 Å². The second kappa shape index (κ2) is 7.61. The Morgan fingerprint density at radius 2 is 2.10 bits per heavy atom. The highest BCUT2D eigenvalue weighted by atomic mass is 79.9. The lowest BCUT2D eigenvalue weighted by atomic mass is 10.0. The summed E-state index contributed by atoms with van der Waals surface area (Å²) in [5, 5.41) is 0. The fourth-order valence-electron chi connectivity index (χ4n) is 3.14. The number of halogens is 1. The molecule has 1 aromatic rings. The maximum absolute atomic E-state index is 6.18. The topological polar surface area (TPSA) is 32.5 Å². The largest absolute Gasteiger partial charge is 0.368 e. The minimum Gasteiger partial charge on any atom is -0.368 e. The SMILES string of the molecule is CCC(N)Cc1cc(Br)ccc1N1CCN(CC)C(C)C1. The molecule has 2 atom stereocenters. The lowest BCUT2D eigenvalue weighted by Gasteiger charge is -2.41. The number of anilines is 1. The quantitative estimate of drug-likeness (QED) is 0.881. The van der Waals surface area contributed by atoms with Crippen molar-refractivity contribution >= 4 is 21.6 Å². The van der Waals surface area contributed by atoms with Gasteiger partial charge >= 0.3 is 0 Å². The van der Waals surface area contributed by atoms with Gasteiger partial charge in [-0.25, -0.2) is 0 Å². The molecule has 1 fully saturated rings. The van der Waals surface area contributed by atoms with E-state index in [9.17, 15) is 0 Å². The van der Waals surface area contributed by atoms with Crippen molar-refractivity contribution in [2.24, 2.45) is 5.73 Å². The molecule has 0 spiro atoms. The number of nitrogens with zero attached hydrogens (tertiary/aromatic N) is 2. The molecule has 1 heterocycles. The van der Waals surface area contributed by atoms with Crippen molar-refractivity contribution in [1.29, 1.82) is 0 Å². The zero-order valence-electron chi connectivity index (χ0n) is 13.5. The molecule has 0 aromatic heterocycles. The molecule has 3 nitrogen and oxygen atoms in total. The van der Waals surface area contributed by atoms with E-state index in [2.05, 4.69) is 64.7 Å². The van der Waals surface area contributed by atoms with Crippen molar-refractivity contribution in [1.82, 2.24) is 4.90 Å². The minimum atomic E-state index is 0.243. The second-order valence-electron chi connectivity index (χ2n) is 6.07. The fraction of sp³-hybridized carbons (Fsp3) is 0.647. The first-order valence-electron chi connectivity index (χ1n) is 8.08. The summed E-state index contributed by atoms with van der Waals surface area (Å²) in [6, 6.07) is 7.48. The van der Waals surface area contributed by atoms with Crippen LogP contribution in [0.15, 0.2) is 22.7 Å². The molecule has 1 aromatic carbocycles. The fourth-order valence-corrected chi connectivity index (χ4v) is 3.55. The Morgan fingerprint density at radius 3 is 2.71 bits per heavy atom. The van der Waals surface area contributed by atoms with Crippen LogP contribution in [0, 0.1) is 0 Å². The van der Waals surface area contributed by atoms with E-state index >= 15 is 0 Å². The van der Waals surface area contributed by atoms with Gasteiger partial charge in [0.25, 0.3) is 0 Å². The van der Waals surface area contributed by atoms with Crippen molar-refractivity contribution in [3.63, 3.8) is 0 Å². The third-order valence-corrected chi connectivity index (χ3v) is 5.05. The maximum Gasteiger partial charge on any atom is 0.0401 e. The number of nitrogens with two attached hydrogens (primary N) is 1. The van der Waals surface area contributed by atoms with Crippen LogP contribution in [-0.2, 0) is 6.42 Å². The highest BCUT2D eigenvalue weighted by Crippen LogP contribution is 2.28. The first-order valence-corrected chi connectivity index (χ1v) is 8.87. The summed E-state index contributed by atoms with van der Waals surface area (Å²) in [5.41, 5.74) is 8.92. The van der Waals surface area contributed by atoms with Crippen molar-refractivity contribution in [2.45, 2.75) is 45.7 Å². The van der Waals surface area contributed by atoms with E-state index in [4.69, 9.17) is 5.73 Å². The summed E-state index contributed by atoms with van der Waals surface area (Å²) in [5.74, 6) is 0. The Morgan fingerprint density at radius 1 is 1.33 bits per heavy atom. The van der Waals surface area contributed by atoms with Gasteiger partial charge in [0.2, 0.25) is 0 Å². The van der Waals surface area contributed by atoms with E-state index in [1.165, 1.54) is 11.3 Å². The number of benzene rings is 1. The first-order chi connectivity index (χ1) is 10.0. The number of hydrogen-bond acceptors (Lipinski definition) is 3. The Kier molecular flexibility index (Phi) is 6.08. The van der Waals surface area contributed by atoms with E-state index in [1.54, 1.807) is 0 Å². The Bertz CT molecular complexity index is 463. The van der Waals surface area contributed by atoms with Crippen molar-refractivity contribution < 1.29 is 0 Å². The summed E-state index contributed by atoms with van der Waals surface area (Å²) in [6.07, 6.45) is 1.97. The minimum absolute atomic E-state index is 0.243. The standard InChI is InChI=1S/C17H28BrN3/c1-4-16(19)11-14-10-15(18)6-7-17(14)21-9-8-20(5-2)13(3)12-21/h6-7,10,13,16H,4-5,8-9,11-12,19H2,1-3H3. The second-order valence-corrected chi connectivity index (χ2v) is 6.98. The van der Waals surface area contributed by atoms with E-state index in [-0.39, 0.29) is 6.04 Å². The monoisotopic (exact) mass is 353 g/mol. The molecule has 0 amide bonds. The third-order valence-electron chi connectivity index (χ3n) is 4.56. The summed E-state index contributed by atoms with van der Waals surface area (Å²) >= 11 is 3.60.